The van der Waals surface area contributed by atoms with Gasteiger partial charge in [0, 0.05) is 0 Å². The van der Waals surface area contributed by atoms with Crippen molar-refractivity contribution in [2.75, 3.05) is 0 Å². The van der Waals surface area contributed by atoms with Crippen LogP contribution in [0.4, 0.5) is 0 Å². The van der Waals surface area contributed by atoms with Gasteiger partial charge in [0.15, 0.2) is 5.78 Å². The first kappa shape index (κ1) is 23.3. The van der Waals surface area contributed by atoms with Crippen LogP contribution in [0.2, 0.25) is 0 Å². The number of fused-ring (bicyclic) bond motifs is 5. The molecule has 4 aromatic rings. The van der Waals surface area contributed by atoms with Crippen LogP contribution >= 0.6 is 0 Å². The normalized spacial score (nSPS) is 35.3. The van der Waals surface area contributed by atoms with Crippen LogP contribution in [0.3, 0.4) is 0 Å². The van der Waals surface area contributed by atoms with E-state index in [1.54, 1.807) is 21.5 Å². The average Bonchev–Trinajstić information content (AvgIpc) is 3.42. The van der Waals surface area contributed by atoms with E-state index >= 15 is 0 Å². The van der Waals surface area contributed by atoms with Gasteiger partial charge in [0.1, 0.15) is 0 Å². The predicted molar refractivity (Wildman–Crippen MR) is 156 cm³/mol. The molecule has 2 saturated carbocycles. The minimum atomic E-state index is -0.685. The molecule has 0 radical (unpaired) electrons. The minimum absolute atomic E-state index is 0.0842. The molecular weight excluding hydrogens is 510 g/mol. The number of Topliss-reactive ketones (excluding diaryl/α,β-unsaturated/α-hetero) is 1. The third-order valence-electron chi connectivity index (χ3n) is 11.2. The van der Waals surface area contributed by atoms with E-state index in [-0.39, 0.29) is 52.9 Å². The molecule has 0 unspecified atom stereocenters. The van der Waals surface area contributed by atoms with Gasteiger partial charge in [-0.2, -0.15) is 0 Å². The number of hydrogen-bond acceptors (Lipinski definition) is 3. The molecular formula is C35H29N3O3. The smallest absolute Gasteiger partial charge is 0.298 e. The summed E-state index contributed by atoms with van der Waals surface area (Å²) >= 11 is 0. The topological polar surface area (TPSA) is 66.0 Å². The van der Waals surface area contributed by atoms with Crippen LogP contribution in [0.25, 0.3) is 16.8 Å². The van der Waals surface area contributed by atoms with E-state index in [0.717, 1.165) is 22.3 Å². The molecule has 10 rings (SSSR count). The zero-order valence-corrected chi connectivity index (χ0v) is 22.8. The van der Waals surface area contributed by atoms with Gasteiger partial charge in [-0.25, -0.2) is 23.5 Å². The molecule has 202 valence electrons. The highest BCUT2D eigenvalue weighted by molar-refractivity contribution is 6.23. The number of allylic oxidation sites excluding steroid dienone is 4. The van der Waals surface area contributed by atoms with Gasteiger partial charge in [-0.05, 0) is 71.9 Å². The Morgan fingerprint density at radius 2 is 0.951 bits per heavy atom. The molecule has 6 nitrogen and oxygen atoms in total. The molecule has 0 N–H and O–H groups in total. The Hall–Kier alpha value is -4.45. The Labute approximate surface area is 236 Å². The van der Waals surface area contributed by atoms with Crippen LogP contribution in [0.1, 0.15) is 37.1 Å². The number of rotatable bonds is 3. The van der Waals surface area contributed by atoms with E-state index in [2.05, 4.69) is 50.3 Å². The number of para-hydroxylation sites is 1. The fraction of sp³-hybridized carbons (Fsp3) is 0.286. The van der Waals surface area contributed by atoms with Gasteiger partial charge >= 0.3 is 11.4 Å². The molecule has 1 aromatic heterocycles. The molecule has 3 aromatic carbocycles. The number of benzene rings is 3. The maximum absolute atomic E-state index is 14.8. The van der Waals surface area contributed by atoms with Gasteiger partial charge in [-0.1, -0.05) is 91.0 Å². The van der Waals surface area contributed by atoms with Crippen molar-refractivity contribution >= 4 is 16.9 Å². The number of hydrogen-bond donors (Lipinski definition) is 0. The molecule has 8 atom stereocenters. The first-order chi connectivity index (χ1) is 19.9. The Balaban J connectivity index is 1.28. The summed E-state index contributed by atoms with van der Waals surface area (Å²) in [6.07, 6.45) is 4.23. The van der Waals surface area contributed by atoms with Crippen LogP contribution in [0, 0.1) is 34.5 Å². The Bertz CT molecular complexity index is 1850. The third-order valence-corrected chi connectivity index (χ3v) is 11.2. The highest BCUT2D eigenvalue weighted by atomic mass is 16.2. The Morgan fingerprint density at radius 3 is 1.37 bits per heavy atom. The van der Waals surface area contributed by atoms with Crippen molar-refractivity contribution < 1.29 is 4.79 Å². The van der Waals surface area contributed by atoms with Crippen LogP contribution in [0.15, 0.2) is 113 Å². The number of aromatic nitrogens is 3. The van der Waals surface area contributed by atoms with E-state index in [4.69, 9.17) is 0 Å². The van der Waals surface area contributed by atoms with Crippen molar-refractivity contribution in [3.05, 3.63) is 135 Å². The molecule has 41 heavy (non-hydrogen) atoms. The van der Waals surface area contributed by atoms with E-state index in [0.29, 0.717) is 5.69 Å². The van der Waals surface area contributed by atoms with Gasteiger partial charge in [0.25, 0.3) is 0 Å². The summed E-state index contributed by atoms with van der Waals surface area (Å²) < 4.78 is 4.67. The lowest BCUT2D eigenvalue weighted by Gasteiger charge is -2.65. The molecule has 0 amide bonds. The standard InChI is InChI=1S/C35H29N3O3/c1-34-27(20-12-6-3-7-13-20)28(21-14-8-4-9-15-21)35(2,31(34)39)30-26-24-19-18-23(25(26)29(30)34)37-32(40)36(33(41)38(24)37)22-16-10-5-11-17-22/h3-19,23-26,29-30H,1-2H3/t23-,24-,25-,26+,29+,30-,34-,35+/m1/s1. The summed E-state index contributed by atoms with van der Waals surface area (Å²) in [7, 11) is 0. The second-order valence-electron chi connectivity index (χ2n) is 12.7. The number of carbonyl (C=O) groups excluding carboxylic acids is 1. The van der Waals surface area contributed by atoms with E-state index < -0.39 is 10.8 Å². The van der Waals surface area contributed by atoms with Crippen LogP contribution in [-0.2, 0) is 4.79 Å². The highest BCUT2D eigenvalue weighted by Crippen LogP contribution is 2.82. The second kappa shape index (κ2) is 7.43. The van der Waals surface area contributed by atoms with Crippen molar-refractivity contribution in [1.29, 1.82) is 0 Å². The van der Waals surface area contributed by atoms with Gasteiger partial charge in [0.2, 0.25) is 0 Å². The molecule has 6 heteroatoms. The maximum atomic E-state index is 14.8. The van der Waals surface area contributed by atoms with E-state index in [1.807, 2.05) is 54.6 Å². The highest BCUT2D eigenvalue weighted by Gasteiger charge is 2.82. The maximum Gasteiger partial charge on any atom is 0.352 e. The number of nitrogens with zero attached hydrogens (tertiary/aromatic N) is 3. The second-order valence-corrected chi connectivity index (χ2v) is 12.7. The molecule has 4 aliphatic carbocycles. The Morgan fingerprint density at radius 1 is 0.561 bits per heavy atom. The third kappa shape index (κ3) is 2.42. The molecule has 0 saturated heterocycles. The largest absolute Gasteiger partial charge is 0.352 e. The predicted octanol–water partition coefficient (Wildman–Crippen LogP) is 5.16. The van der Waals surface area contributed by atoms with Crippen LogP contribution < -0.4 is 11.4 Å². The van der Waals surface area contributed by atoms with E-state index in [9.17, 15) is 14.4 Å². The number of carbonyl (C=O) groups is 1. The first-order valence-electron chi connectivity index (χ1n) is 14.5. The molecule has 6 aliphatic rings. The van der Waals surface area contributed by atoms with Crippen LogP contribution in [0.5, 0.6) is 0 Å². The lowest BCUT2D eigenvalue weighted by atomic mass is 9.40. The van der Waals surface area contributed by atoms with Gasteiger partial charge in [-0.3, -0.25) is 4.79 Å². The van der Waals surface area contributed by atoms with Crippen LogP contribution in [-0.4, -0.2) is 19.7 Å². The summed E-state index contributed by atoms with van der Waals surface area (Å²) in [6.45, 7) is 4.31. The quantitative estimate of drug-likeness (QED) is 0.338. The summed E-state index contributed by atoms with van der Waals surface area (Å²) in [4.78, 5) is 42.6. The van der Waals surface area contributed by atoms with Gasteiger partial charge in [-0.15, -0.1) is 0 Å². The monoisotopic (exact) mass is 539 g/mol. The van der Waals surface area contributed by atoms with Crippen molar-refractivity contribution in [3.8, 4) is 5.69 Å². The Kier molecular flexibility index (Phi) is 4.22. The zero-order valence-electron chi connectivity index (χ0n) is 22.8. The van der Waals surface area contributed by atoms with Crippen molar-refractivity contribution in [2.45, 2.75) is 25.9 Å². The van der Waals surface area contributed by atoms with Gasteiger partial charge in [0.05, 0.1) is 28.6 Å². The summed E-state index contributed by atoms with van der Waals surface area (Å²) in [5.74, 6) is 0.656. The number of ketones is 1. The summed E-state index contributed by atoms with van der Waals surface area (Å²) in [5, 5.41) is 0. The molecule has 0 spiro atoms. The fourth-order valence-electron chi connectivity index (χ4n) is 9.99. The molecule has 2 fully saturated rings. The van der Waals surface area contributed by atoms with Gasteiger partial charge < -0.3 is 0 Å². The summed E-state index contributed by atoms with van der Waals surface area (Å²) in [5.41, 5.74) is 3.04. The first-order valence-corrected chi connectivity index (χ1v) is 14.5. The average molecular weight is 540 g/mol. The van der Waals surface area contributed by atoms with Crippen molar-refractivity contribution in [1.82, 2.24) is 13.9 Å². The van der Waals surface area contributed by atoms with Crippen molar-refractivity contribution in [3.63, 3.8) is 0 Å². The van der Waals surface area contributed by atoms with E-state index in [1.165, 1.54) is 4.57 Å². The molecule has 2 aliphatic heterocycles. The SMILES string of the molecule is C[C@]12C(=O)[C@](C)(C(c3ccccc3)=C1c1ccccc1)[C@H]1[C@H]3[C@@H]([C@H]12)[C@H]1C=C[C@H]3n2c(=O)n(-c3ccccc3)c(=O)n21. The molecule has 3 heterocycles. The minimum Gasteiger partial charge on any atom is -0.298 e. The van der Waals surface area contributed by atoms with Crippen molar-refractivity contribution in [2.24, 2.45) is 34.5 Å². The lowest BCUT2D eigenvalue weighted by molar-refractivity contribution is -0.138. The zero-order chi connectivity index (χ0) is 27.8. The summed E-state index contributed by atoms with van der Waals surface area (Å²) in [6, 6.07) is 29.4. The fourth-order valence-corrected chi connectivity index (χ4v) is 9.99. The molecule has 4 bridgehead atoms. The lowest BCUT2D eigenvalue weighted by Crippen LogP contribution is -2.65.